The molecule has 2 saturated heterocycles. The predicted molar refractivity (Wildman–Crippen MR) is 88.3 cm³/mol. The van der Waals surface area contributed by atoms with E-state index in [-0.39, 0.29) is 33.2 Å². The van der Waals surface area contributed by atoms with Gasteiger partial charge in [0.25, 0.3) is 11.2 Å². The highest BCUT2D eigenvalue weighted by molar-refractivity contribution is 6.33. The first-order chi connectivity index (χ1) is 11.5. The molecular weight excluding hydrogens is 334 g/mol. The first kappa shape index (κ1) is 15.5. The Bertz CT molecular complexity index is 885. The van der Waals surface area contributed by atoms with Crippen LogP contribution in [0.5, 0.6) is 0 Å². The average Bonchev–Trinajstić information content (AvgIpc) is 2.76. The van der Waals surface area contributed by atoms with Crippen LogP contribution in [0.3, 0.4) is 0 Å². The molecular formula is C15H16ClN5O3. The fourth-order valence-corrected chi connectivity index (χ4v) is 4.26. The van der Waals surface area contributed by atoms with Crippen molar-refractivity contribution in [2.24, 2.45) is 0 Å². The molecule has 24 heavy (non-hydrogen) atoms. The Balaban J connectivity index is 1.78. The van der Waals surface area contributed by atoms with Gasteiger partial charge in [-0.3, -0.25) is 14.9 Å². The predicted octanol–water partition coefficient (Wildman–Crippen LogP) is 2.15. The molecule has 8 nitrogen and oxygen atoms in total. The average molecular weight is 350 g/mol. The molecule has 0 N–H and O–H groups in total. The molecule has 2 aliphatic heterocycles. The molecule has 4 rings (SSSR count). The first-order valence-corrected chi connectivity index (χ1v) is 8.28. The zero-order valence-corrected chi connectivity index (χ0v) is 13.8. The van der Waals surface area contributed by atoms with E-state index in [4.69, 9.17) is 11.6 Å². The standard InChI is InChI=1S/C15H16ClN5O3/c1-19-8-2-3-9(19)5-10(4-8)20-15(22)11-6-12(16)14(21(23)24)7-13(11)17-18-20/h6-10H,2-5H2,1H3. The summed E-state index contributed by atoms with van der Waals surface area (Å²) >= 11 is 5.94. The third-order valence-corrected chi connectivity index (χ3v) is 5.67. The SMILES string of the molecule is CN1C2CCC1CC(n1nnc3cc([N+](=O)[O-])c(Cl)cc3c1=O)C2. The molecule has 9 heteroatoms. The van der Waals surface area contributed by atoms with E-state index in [0.29, 0.717) is 12.1 Å². The van der Waals surface area contributed by atoms with E-state index < -0.39 is 4.92 Å². The summed E-state index contributed by atoms with van der Waals surface area (Å²) in [5, 5.41) is 19.2. The number of nitro benzene ring substituents is 1. The van der Waals surface area contributed by atoms with Crippen LogP contribution >= 0.6 is 11.6 Å². The summed E-state index contributed by atoms with van der Waals surface area (Å²) < 4.78 is 1.43. The van der Waals surface area contributed by atoms with Crippen LogP contribution in [0, 0.1) is 10.1 Å². The lowest BCUT2D eigenvalue weighted by molar-refractivity contribution is -0.384. The van der Waals surface area contributed by atoms with Crippen molar-refractivity contribution in [2.45, 2.75) is 43.8 Å². The van der Waals surface area contributed by atoms with Gasteiger partial charge in [0.1, 0.15) is 10.5 Å². The van der Waals surface area contributed by atoms with Gasteiger partial charge in [0, 0.05) is 18.2 Å². The normalized spacial score (nSPS) is 26.8. The van der Waals surface area contributed by atoms with Crippen LogP contribution in [0.1, 0.15) is 31.7 Å². The van der Waals surface area contributed by atoms with Crippen molar-refractivity contribution >= 4 is 28.2 Å². The highest BCUT2D eigenvalue weighted by atomic mass is 35.5. The van der Waals surface area contributed by atoms with Crippen LogP contribution in [0.25, 0.3) is 10.9 Å². The number of nitrogens with zero attached hydrogens (tertiary/aromatic N) is 5. The summed E-state index contributed by atoms with van der Waals surface area (Å²) in [5.41, 5.74) is -0.359. The van der Waals surface area contributed by atoms with Gasteiger partial charge < -0.3 is 4.90 Å². The topological polar surface area (TPSA) is 94.2 Å². The molecule has 2 aliphatic rings. The van der Waals surface area contributed by atoms with Crippen molar-refractivity contribution in [2.75, 3.05) is 7.05 Å². The number of hydrogen-bond donors (Lipinski definition) is 0. The molecule has 1 aromatic heterocycles. The van der Waals surface area contributed by atoms with Crippen LogP contribution in [0.4, 0.5) is 5.69 Å². The summed E-state index contributed by atoms with van der Waals surface area (Å²) in [6, 6.07) is 3.48. The molecule has 3 heterocycles. The van der Waals surface area contributed by atoms with E-state index in [1.54, 1.807) is 0 Å². The third kappa shape index (κ3) is 2.29. The minimum absolute atomic E-state index is 0.0112. The van der Waals surface area contributed by atoms with Gasteiger partial charge in [0.2, 0.25) is 0 Å². The van der Waals surface area contributed by atoms with Gasteiger partial charge in [-0.1, -0.05) is 16.8 Å². The molecule has 2 atom stereocenters. The lowest BCUT2D eigenvalue weighted by Crippen LogP contribution is -2.43. The molecule has 0 amide bonds. The van der Waals surface area contributed by atoms with Gasteiger partial charge >= 0.3 is 0 Å². The van der Waals surface area contributed by atoms with Crippen LogP contribution in [-0.2, 0) is 0 Å². The van der Waals surface area contributed by atoms with Gasteiger partial charge in [0.15, 0.2) is 0 Å². The fourth-order valence-electron chi connectivity index (χ4n) is 4.03. The lowest BCUT2D eigenvalue weighted by Gasteiger charge is -2.36. The summed E-state index contributed by atoms with van der Waals surface area (Å²) in [6.07, 6.45) is 4.03. The Morgan fingerprint density at radius 2 is 1.92 bits per heavy atom. The van der Waals surface area contributed by atoms with E-state index in [2.05, 4.69) is 22.3 Å². The molecule has 1 aromatic carbocycles. The Kier molecular flexibility index (Phi) is 3.54. The molecule has 2 aromatic rings. The molecule has 2 unspecified atom stereocenters. The summed E-state index contributed by atoms with van der Waals surface area (Å²) in [7, 11) is 2.13. The minimum atomic E-state index is -0.594. The zero-order chi connectivity index (χ0) is 17.0. The summed E-state index contributed by atoms with van der Waals surface area (Å²) in [5.74, 6) is 0. The van der Waals surface area contributed by atoms with Crippen LogP contribution in [0.15, 0.2) is 16.9 Å². The van der Waals surface area contributed by atoms with Gasteiger partial charge in [-0.25, -0.2) is 4.68 Å². The maximum Gasteiger partial charge on any atom is 0.290 e. The Labute approximate surface area is 142 Å². The van der Waals surface area contributed by atoms with Crippen molar-refractivity contribution in [1.29, 1.82) is 0 Å². The second-order valence-corrected chi connectivity index (χ2v) is 7.00. The Morgan fingerprint density at radius 1 is 1.25 bits per heavy atom. The van der Waals surface area contributed by atoms with Crippen LogP contribution < -0.4 is 5.56 Å². The smallest absolute Gasteiger partial charge is 0.290 e. The van der Waals surface area contributed by atoms with Gasteiger partial charge in [0.05, 0.1) is 16.4 Å². The highest BCUT2D eigenvalue weighted by Gasteiger charge is 2.39. The van der Waals surface area contributed by atoms with Crippen molar-refractivity contribution in [3.05, 3.63) is 37.6 Å². The minimum Gasteiger partial charge on any atom is -0.300 e. The number of rotatable bonds is 2. The number of fused-ring (bicyclic) bond motifs is 3. The summed E-state index contributed by atoms with van der Waals surface area (Å²) in [4.78, 5) is 25.5. The number of halogens is 1. The maximum absolute atomic E-state index is 12.8. The second-order valence-electron chi connectivity index (χ2n) is 6.59. The van der Waals surface area contributed by atoms with Gasteiger partial charge in [-0.2, -0.15) is 0 Å². The van der Waals surface area contributed by atoms with E-state index in [0.717, 1.165) is 25.7 Å². The molecule has 0 saturated carbocycles. The third-order valence-electron chi connectivity index (χ3n) is 5.37. The number of nitro groups is 1. The van der Waals surface area contributed by atoms with E-state index in [1.807, 2.05) is 0 Å². The lowest BCUT2D eigenvalue weighted by atomic mass is 9.98. The maximum atomic E-state index is 12.8. The highest BCUT2D eigenvalue weighted by Crippen LogP contribution is 2.39. The van der Waals surface area contributed by atoms with Gasteiger partial charge in [-0.15, -0.1) is 5.10 Å². The quantitative estimate of drug-likeness (QED) is 0.609. The van der Waals surface area contributed by atoms with Gasteiger partial charge in [-0.05, 0) is 38.8 Å². The zero-order valence-electron chi connectivity index (χ0n) is 13.1. The summed E-state index contributed by atoms with van der Waals surface area (Å²) in [6.45, 7) is 0. The molecule has 0 radical (unpaired) electrons. The van der Waals surface area contributed by atoms with Crippen molar-refractivity contribution < 1.29 is 4.92 Å². The first-order valence-electron chi connectivity index (χ1n) is 7.91. The number of aromatic nitrogens is 3. The Morgan fingerprint density at radius 3 is 2.54 bits per heavy atom. The number of benzene rings is 1. The second kappa shape index (κ2) is 5.49. The molecule has 0 spiro atoms. The van der Waals surface area contributed by atoms with Crippen molar-refractivity contribution in [3.63, 3.8) is 0 Å². The van der Waals surface area contributed by atoms with Crippen molar-refractivity contribution in [3.8, 4) is 0 Å². The van der Waals surface area contributed by atoms with E-state index in [9.17, 15) is 14.9 Å². The molecule has 0 aliphatic carbocycles. The van der Waals surface area contributed by atoms with Crippen LogP contribution in [-0.4, -0.2) is 43.9 Å². The Hall–Kier alpha value is -2.06. The largest absolute Gasteiger partial charge is 0.300 e. The monoisotopic (exact) mass is 349 g/mol. The van der Waals surface area contributed by atoms with Crippen LogP contribution in [0.2, 0.25) is 5.02 Å². The van der Waals surface area contributed by atoms with Crippen molar-refractivity contribution in [1.82, 2.24) is 19.9 Å². The molecule has 126 valence electrons. The number of piperidine rings is 1. The van der Waals surface area contributed by atoms with E-state index in [1.165, 1.54) is 16.8 Å². The number of hydrogen-bond acceptors (Lipinski definition) is 6. The molecule has 2 fully saturated rings. The van der Waals surface area contributed by atoms with E-state index >= 15 is 0 Å². The molecule has 2 bridgehead atoms. The fraction of sp³-hybridized carbons (Fsp3) is 0.533.